The van der Waals surface area contributed by atoms with Gasteiger partial charge >= 0.3 is 18.2 Å². The quantitative estimate of drug-likeness (QED) is 0.0958. The molecule has 16 nitrogen and oxygen atoms in total. The summed E-state index contributed by atoms with van der Waals surface area (Å²) in [7, 11) is 0. The number of benzene rings is 1. The van der Waals surface area contributed by atoms with Crippen LogP contribution in [-0.4, -0.2) is 132 Å². The highest BCUT2D eigenvalue weighted by atomic mass is 16.6. The Morgan fingerprint density at radius 3 is 2.12 bits per heavy atom. The van der Waals surface area contributed by atoms with Crippen LogP contribution in [0.15, 0.2) is 30.3 Å². The Labute approximate surface area is 350 Å². The number of anilines is 3. The molecule has 0 spiro atoms. The first kappa shape index (κ1) is 47.0. The van der Waals surface area contributed by atoms with Crippen molar-refractivity contribution in [2.45, 2.75) is 124 Å². The fraction of sp³-hybridized carbons (Fsp3) is 0.674. The van der Waals surface area contributed by atoms with Crippen molar-refractivity contribution in [1.29, 1.82) is 0 Å². The lowest BCUT2D eigenvalue weighted by Crippen LogP contribution is -2.47. The number of nitrogens with one attached hydrogen (secondary N) is 2. The third kappa shape index (κ3) is 17.2. The number of amides is 3. The summed E-state index contributed by atoms with van der Waals surface area (Å²) < 4.78 is 22.0. The lowest BCUT2D eigenvalue weighted by molar-refractivity contribution is -0.144. The number of nitrogens with zero attached hydrogens (tertiary/aromatic N) is 6. The average molecular weight is 825 g/mol. The zero-order valence-corrected chi connectivity index (χ0v) is 36.6. The van der Waals surface area contributed by atoms with Gasteiger partial charge in [0.05, 0.1) is 6.61 Å². The van der Waals surface area contributed by atoms with Crippen LogP contribution in [0.5, 0.6) is 0 Å². The summed E-state index contributed by atoms with van der Waals surface area (Å²) in [6, 6.07) is 9.78. The van der Waals surface area contributed by atoms with Gasteiger partial charge in [-0.1, -0.05) is 43.5 Å². The number of esters is 1. The summed E-state index contributed by atoms with van der Waals surface area (Å²) in [6.45, 7) is 21.0. The van der Waals surface area contributed by atoms with Crippen LogP contribution >= 0.6 is 0 Å². The molecule has 2 heterocycles. The molecule has 4 rings (SSSR count). The molecule has 2 aromatic rings. The molecule has 3 amide bonds. The predicted octanol–water partition coefficient (Wildman–Crippen LogP) is 6.45. The first-order valence-electron chi connectivity index (χ1n) is 21.1. The summed E-state index contributed by atoms with van der Waals surface area (Å²) in [4.78, 5) is 68.0. The smallest absolute Gasteiger partial charge is 0.410 e. The molecule has 0 radical (unpaired) electrons. The van der Waals surface area contributed by atoms with Crippen LogP contribution in [0.1, 0.15) is 105 Å². The SMILES string of the molecule is CCOCCN1CCN(c2cc(NC(=O)COC(C)=O)nc(NCc3ccc(CN(CCCN(C(=O)OC(C)(C)C)C4CCCCC4)C(=O)OC(C)(C)C)cc3)n2)CC1. The minimum Gasteiger partial charge on any atom is -0.456 e. The van der Waals surface area contributed by atoms with Gasteiger partial charge in [-0.05, 0) is 78.9 Å². The van der Waals surface area contributed by atoms with Crippen molar-refractivity contribution in [3.05, 3.63) is 41.5 Å². The lowest BCUT2D eigenvalue weighted by Gasteiger charge is -2.36. The molecule has 328 valence electrons. The van der Waals surface area contributed by atoms with Gasteiger partial charge in [0.15, 0.2) is 6.61 Å². The van der Waals surface area contributed by atoms with Crippen molar-refractivity contribution in [2.24, 2.45) is 0 Å². The molecule has 2 aliphatic rings. The van der Waals surface area contributed by atoms with Gasteiger partial charge in [0.25, 0.3) is 5.91 Å². The van der Waals surface area contributed by atoms with E-state index < -0.39 is 35.8 Å². The molecule has 1 aliphatic carbocycles. The van der Waals surface area contributed by atoms with Crippen LogP contribution in [-0.2, 0) is 41.6 Å². The van der Waals surface area contributed by atoms with Crippen molar-refractivity contribution >= 4 is 41.6 Å². The average Bonchev–Trinajstić information content (AvgIpc) is 3.17. The largest absolute Gasteiger partial charge is 0.456 e. The molecule has 0 bridgehead atoms. The van der Waals surface area contributed by atoms with Crippen molar-refractivity contribution in [2.75, 3.05) is 81.2 Å². The summed E-state index contributed by atoms with van der Waals surface area (Å²) in [5.74, 6) is 0.238. The second-order valence-corrected chi connectivity index (χ2v) is 17.2. The number of carbonyl (C=O) groups is 4. The standard InChI is InChI=1S/C43H68N8O8/c1-9-56-27-26-48-22-24-49(25-23-48)37-28-36(45-38(53)31-57-32(2)52)46-39(47-37)44-29-33-16-18-34(19-17-33)30-50(40(54)58-42(3,4)5)20-13-21-51(35-14-11-10-12-15-35)41(55)59-43(6,7)8/h16-19,28,35H,9-15,20-27,29-31H2,1-8H3,(H2,44,45,46,47,53). The monoisotopic (exact) mass is 825 g/mol. The first-order valence-corrected chi connectivity index (χ1v) is 21.1. The Kier molecular flexibility index (Phi) is 18.0. The van der Waals surface area contributed by atoms with Crippen LogP contribution in [0.2, 0.25) is 0 Å². The normalized spacial score (nSPS) is 15.3. The maximum Gasteiger partial charge on any atom is 0.410 e. The highest BCUT2D eigenvalue weighted by Crippen LogP contribution is 2.26. The molecular formula is C43H68N8O8. The predicted molar refractivity (Wildman–Crippen MR) is 227 cm³/mol. The molecule has 0 atom stereocenters. The maximum absolute atomic E-state index is 13.5. The zero-order valence-electron chi connectivity index (χ0n) is 36.6. The molecule has 2 fully saturated rings. The van der Waals surface area contributed by atoms with Crippen LogP contribution < -0.4 is 15.5 Å². The highest BCUT2D eigenvalue weighted by molar-refractivity contribution is 5.92. The van der Waals surface area contributed by atoms with E-state index in [-0.39, 0.29) is 12.1 Å². The zero-order chi connectivity index (χ0) is 43.0. The molecule has 0 unspecified atom stereocenters. The molecule has 1 saturated carbocycles. The van der Waals surface area contributed by atoms with Gasteiger partial charge in [0.1, 0.15) is 22.8 Å². The van der Waals surface area contributed by atoms with E-state index in [2.05, 4.69) is 25.4 Å². The molecular weight excluding hydrogens is 757 g/mol. The molecule has 59 heavy (non-hydrogen) atoms. The van der Waals surface area contributed by atoms with E-state index in [9.17, 15) is 19.2 Å². The lowest BCUT2D eigenvalue weighted by atomic mass is 9.94. The fourth-order valence-corrected chi connectivity index (χ4v) is 6.92. The van der Waals surface area contributed by atoms with E-state index in [1.807, 2.05) is 77.6 Å². The number of piperazine rings is 1. The summed E-state index contributed by atoms with van der Waals surface area (Å²) in [6.07, 6.45) is 5.12. The molecule has 1 aliphatic heterocycles. The van der Waals surface area contributed by atoms with E-state index >= 15 is 0 Å². The number of aromatic nitrogens is 2. The minimum absolute atomic E-state index is 0.132. The van der Waals surface area contributed by atoms with Crippen LogP contribution in [0.25, 0.3) is 0 Å². The fourth-order valence-electron chi connectivity index (χ4n) is 6.92. The third-order valence-corrected chi connectivity index (χ3v) is 9.81. The molecule has 16 heteroatoms. The number of ether oxygens (including phenoxy) is 4. The Morgan fingerprint density at radius 1 is 0.847 bits per heavy atom. The van der Waals surface area contributed by atoms with Crippen LogP contribution in [0.3, 0.4) is 0 Å². The van der Waals surface area contributed by atoms with Gasteiger partial charge < -0.3 is 44.3 Å². The molecule has 1 saturated heterocycles. The van der Waals surface area contributed by atoms with Gasteiger partial charge in [-0.3, -0.25) is 14.5 Å². The van der Waals surface area contributed by atoms with Gasteiger partial charge in [-0.25, -0.2) is 9.59 Å². The van der Waals surface area contributed by atoms with Crippen molar-refractivity contribution in [3.8, 4) is 0 Å². The molecule has 1 aromatic heterocycles. The van der Waals surface area contributed by atoms with Crippen molar-refractivity contribution < 1.29 is 38.1 Å². The van der Waals surface area contributed by atoms with Crippen molar-refractivity contribution in [3.63, 3.8) is 0 Å². The van der Waals surface area contributed by atoms with Gasteiger partial charge in [0.2, 0.25) is 5.95 Å². The topological polar surface area (TPSA) is 168 Å². The Hall–Kier alpha value is -4.70. The van der Waals surface area contributed by atoms with Crippen LogP contribution in [0.4, 0.5) is 27.2 Å². The van der Waals surface area contributed by atoms with Gasteiger partial charge in [0, 0.05) is 84.5 Å². The van der Waals surface area contributed by atoms with E-state index in [0.29, 0.717) is 63.4 Å². The number of hydrogen-bond donors (Lipinski definition) is 2. The second-order valence-electron chi connectivity index (χ2n) is 17.2. The number of carbonyl (C=O) groups excluding carboxylic acids is 4. The minimum atomic E-state index is -0.669. The Morgan fingerprint density at radius 2 is 1.49 bits per heavy atom. The first-order chi connectivity index (χ1) is 28.0. The van der Waals surface area contributed by atoms with Crippen molar-refractivity contribution in [1.82, 2.24) is 24.7 Å². The second kappa shape index (κ2) is 22.6. The van der Waals surface area contributed by atoms with Crippen LogP contribution in [0, 0.1) is 0 Å². The maximum atomic E-state index is 13.5. The van der Waals surface area contributed by atoms with Gasteiger partial charge in [-0.15, -0.1) is 0 Å². The Bertz CT molecular complexity index is 1650. The Balaban J connectivity index is 1.42. The summed E-state index contributed by atoms with van der Waals surface area (Å²) in [5.41, 5.74) is 0.611. The number of rotatable bonds is 18. The van der Waals surface area contributed by atoms with Gasteiger partial charge in [-0.2, -0.15) is 9.97 Å². The van der Waals surface area contributed by atoms with E-state index in [1.54, 1.807) is 11.0 Å². The van der Waals surface area contributed by atoms with E-state index in [4.69, 9.17) is 23.9 Å². The molecule has 1 aromatic carbocycles. The van der Waals surface area contributed by atoms with E-state index in [1.165, 1.54) is 13.3 Å². The van der Waals surface area contributed by atoms with E-state index in [0.717, 1.165) is 69.5 Å². The molecule has 2 N–H and O–H groups in total. The third-order valence-electron chi connectivity index (χ3n) is 9.81. The highest BCUT2D eigenvalue weighted by Gasteiger charge is 2.30. The summed E-state index contributed by atoms with van der Waals surface area (Å²) in [5, 5.41) is 6.03. The summed E-state index contributed by atoms with van der Waals surface area (Å²) >= 11 is 0. The number of hydrogen-bond acceptors (Lipinski definition) is 13.